The van der Waals surface area contributed by atoms with Crippen LogP contribution in [0, 0.1) is 5.92 Å². The fraction of sp³-hybridized carbons (Fsp3) is 0.467. The molecule has 2 atom stereocenters. The highest BCUT2D eigenvalue weighted by atomic mass is 32.2. The third-order valence-corrected chi connectivity index (χ3v) is 4.66. The van der Waals surface area contributed by atoms with E-state index in [0.29, 0.717) is 13.1 Å². The van der Waals surface area contributed by atoms with Crippen LogP contribution in [0.1, 0.15) is 13.3 Å². The smallest absolute Gasteiger partial charge is 0.240 e. The zero-order valence-electron chi connectivity index (χ0n) is 12.3. The Hall–Kier alpha value is -1.21. The second-order valence-corrected chi connectivity index (χ2v) is 6.78. The minimum Gasteiger partial charge on any atom is -0.396 e. The molecule has 3 N–H and O–H groups in total. The maximum atomic E-state index is 12.1. The van der Waals surface area contributed by atoms with Gasteiger partial charge in [-0.3, -0.25) is 0 Å². The van der Waals surface area contributed by atoms with Crippen LogP contribution in [0.5, 0.6) is 0 Å². The maximum absolute atomic E-state index is 12.1. The highest BCUT2D eigenvalue weighted by Gasteiger charge is 2.16. The van der Waals surface area contributed by atoms with E-state index >= 15 is 0 Å². The van der Waals surface area contributed by atoms with Crippen LogP contribution in [0.2, 0.25) is 0 Å². The van der Waals surface area contributed by atoms with Gasteiger partial charge in [-0.05, 0) is 31.4 Å². The van der Waals surface area contributed by atoms with E-state index in [4.69, 9.17) is 5.11 Å². The molecule has 118 valence electrons. The van der Waals surface area contributed by atoms with E-state index in [1.54, 1.807) is 43.3 Å². The van der Waals surface area contributed by atoms with Crippen molar-refractivity contribution in [1.29, 1.82) is 0 Å². The summed E-state index contributed by atoms with van der Waals surface area (Å²) in [6, 6.07) is 8.05. The SMILES string of the molecule is C=CCC(CO)CNCC(C)NS(=O)(=O)c1ccccc1. The lowest BCUT2D eigenvalue weighted by Crippen LogP contribution is -2.41. The minimum atomic E-state index is -3.48. The zero-order valence-corrected chi connectivity index (χ0v) is 13.1. The average Bonchev–Trinajstić information content (AvgIpc) is 2.46. The Morgan fingerprint density at radius 3 is 2.52 bits per heavy atom. The van der Waals surface area contributed by atoms with Gasteiger partial charge < -0.3 is 10.4 Å². The number of benzene rings is 1. The highest BCUT2D eigenvalue weighted by molar-refractivity contribution is 7.89. The number of hydrogen-bond acceptors (Lipinski definition) is 4. The van der Waals surface area contributed by atoms with Gasteiger partial charge in [-0.15, -0.1) is 6.58 Å². The Morgan fingerprint density at radius 1 is 1.29 bits per heavy atom. The molecule has 0 saturated heterocycles. The molecule has 0 aliphatic rings. The first kappa shape index (κ1) is 17.8. The van der Waals surface area contributed by atoms with Crippen LogP contribution in [-0.2, 0) is 10.0 Å². The first-order chi connectivity index (χ1) is 9.99. The van der Waals surface area contributed by atoms with Crippen molar-refractivity contribution in [2.75, 3.05) is 19.7 Å². The molecule has 1 rings (SSSR count). The summed E-state index contributed by atoms with van der Waals surface area (Å²) in [4.78, 5) is 0.261. The molecule has 0 radical (unpaired) electrons. The maximum Gasteiger partial charge on any atom is 0.240 e. The van der Waals surface area contributed by atoms with Crippen molar-refractivity contribution in [2.45, 2.75) is 24.3 Å². The van der Waals surface area contributed by atoms with Crippen molar-refractivity contribution < 1.29 is 13.5 Å². The molecule has 0 aliphatic carbocycles. The fourth-order valence-corrected chi connectivity index (χ4v) is 3.20. The molecule has 0 spiro atoms. The predicted octanol–water partition coefficient (Wildman–Crippen LogP) is 1.13. The number of rotatable bonds is 10. The Balaban J connectivity index is 2.43. The van der Waals surface area contributed by atoms with Gasteiger partial charge in [-0.2, -0.15) is 0 Å². The van der Waals surface area contributed by atoms with Gasteiger partial charge in [0.1, 0.15) is 0 Å². The van der Waals surface area contributed by atoms with Crippen molar-refractivity contribution >= 4 is 10.0 Å². The van der Waals surface area contributed by atoms with Crippen LogP contribution in [0.3, 0.4) is 0 Å². The number of nitrogens with one attached hydrogen (secondary N) is 2. The summed E-state index contributed by atoms with van der Waals surface area (Å²) >= 11 is 0. The number of aliphatic hydroxyl groups excluding tert-OH is 1. The van der Waals surface area contributed by atoms with Crippen LogP contribution in [0.15, 0.2) is 47.9 Å². The van der Waals surface area contributed by atoms with Crippen molar-refractivity contribution in [2.24, 2.45) is 5.92 Å². The fourth-order valence-electron chi connectivity index (χ4n) is 1.94. The first-order valence-corrected chi connectivity index (χ1v) is 8.47. The van der Waals surface area contributed by atoms with Crippen molar-refractivity contribution in [3.8, 4) is 0 Å². The summed E-state index contributed by atoms with van der Waals surface area (Å²) in [7, 11) is -3.48. The summed E-state index contributed by atoms with van der Waals surface area (Å²) < 4.78 is 26.8. The molecule has 0 amide bonds. The highest BCUT2D eigenvalue weighted by Crippen LogP contribution is 2.07. The molecule has 0 aliphatic heterocycles. The third-order valence-electron chi connectivity index (χ3n) is 3.05. The molecular weight excluding hydrogens is 288 g/mol. The second kappa shape index (κ2) is 8.94. The first-order valence-electron chi connectivity index (χ1n) is 6.99. The Kier molecular flexibility index (Phi) is 7.60. The largest absolute Gasteiger partial charge is 0.396 e. The molecule has 0 bridgehead atoms. The van der Waals surface area contributed by atoms with E-state index in [2.05, 4.69) is 16.6 Å². The van der Waals surface area contributed by atoms with Gasteiger partial charge in [0.05, 0.1) is 4.90 Å². The summed E-state index contributed by atoms with van der Waals surface area (Å²) in [6.45, 7) is 6.65. The number of hydrogen-bond donors (Lipinski definition) is 3. The summed E-state index contributed by atoms with van der Waals surface area (Å²) in [5.41, 5.74) is 0. The van der Waals surface area contributed by atoms with Crippen LogP contribution < -0.4 is 10.0 Å². The van der Waals surface area contributed by atoms with Crippen LogP contribution >= 0.6 is 0 Å². The van der Waals surface area contributed by atoms with E-state index in [1.165, 1.54) is 0 Å². The quantitative estimate of drug-likeness (QED) is 0.566. The molecule has 0 heterocycles. The lowest BCUT2D eigenvalue weighted by Gasteiger charge is -2.17. The van der Waals surface area contributed by atoms with Crippen molar-refractivity contribution in [1.82, 2.24) is 10.0 Å². The van der Waals surface area contributed by atoms with Gasteiger partial charge in [0.15, 0.2) is 0 Å². The third kappa shape index (κ3) is 6.39. The normalized spacial score (nSPS) is 14.6. The van der Waals surface area contributed by atoms with Crippen LogP contribution in [0.25, 0.3) is 0 Å². The average molecular weight is 312 g/mol. The van der Waals surface area contributed by atoms with Crippen LogP contribution in [-0.4, -0.2) is 39.3 Å². The molecule has 1 aromatic carbocycles. The molecule has 1 aromatic rings. The van der Waals surface area contributed by atoms with Crippen LogP contribution in [0.4, 0.5) is 0 Å². The monoisotopic (exact) mass is 312 g/mol. The van der Waals surface area contributed by atoms with Gasteiger partial charge in [-0.25, -0.2) is 13.1 Å². The number of sulfonamides is 1. The summed E-state index contributed by atoms with van der Waals surface area (Å²) in [5, 5.41) is 12.3. The lowest BCUT2D eigenvalue weighted by molar-refractivity contribution is 0.223. The standard InChI is InChI=1S/C15H24N2O3S/c1-3-7-14(12-18)11-16-10-13(2)17-21(19,20)15-8-5-4-6-9-15/h3-6,8-9,13-14,16-18H,1,7,10-12H2,2H3. The van der Waals surface area contributed by atoms with Gasteiger partial charge in [0.2, 0.25) is 10.0 Å². The zero-order chi connectivity index (χ0) is 15.7. The molecule has 21 heavy (non-hydrogen) atoms. The van der Waals surface area contributed by atoms with Gasteiger partial charge in [0, 0.05) is 25.7 Å². The molecule has 0 aromatic heterocycles. The number of allylic oxidation sites excluding steroid dienone is 1. The van der Waals surface area contributed by atoms with E-state index in [0.717, 1.165) is 6.42 Å². The van der Waals surface area contributed by atoms with Gasteiger partial charge >= 0.3 is 0 Å². The predicted molar refractivity (Wildman–Crippen MR) is 84.5 cm³/mol. The van der Waals surface area contributed by atoms with E-state index < -0.39 is 10.0 Å². The minimum absolute atomic E-state index is 0.0865. The van der Waals surface area contributed by atoms with E-state index in [9.17, 15) is 8.42 Å². The molecule has 6 heteroatoms. The molecule has 0 saturated carbocycles. The summed E-state index contributed by atoms with van der Waals surface area (Å²) in [5.74, 6) is 0.112. The second-order valence-electron chi connectivity index (χ2n) is 5.07. The van der Waals surface area contributed by atoms with Gasteiger partial charge in [-0.1, -0.05) is 24.3 Å². The Labute approximate surface area is 127 Å². The van der Waals surface area contributed by atoms with Crippen molar-refractivity contribution in [3.63, 3.8) is 0 Å². The van der Waals surface area contributed by atoms with E-state index in [-0.39, 0.29) is 23.5 Å². The Bertz CT molecular complexity index is 517. The molecule has 2 unspecified atom stereocenters. The molecule has 0 fully saturated rings. The molecular formula is C15H24N2O3S. The Morgan fingerprint density at radius 2 is 1.95 bits per heavy atom. The van der Waals surface area contributed by atoms with Gasteiger partial charge in [0.25, 0.3) is 0 Å². The van der Waals surface area contributed by atoms with Crippen molar-refractivity contribution in [3.05, 3.63) is 43.0 Å². The van der Waals surface area contributed by atoms with E-state index in [1.807, 2.05) is 0 Å². The lowest BCUT2D eigenvalue weighted by atomic mass is 10.1. The topological polar surface area (TPSA) is 78.4 Å². The molecule has 5 nitrogen and oxygen atoms in total. The number of aliphatic hydroxyl groups is 1. The summed E-state index contributed by atoms with van der Waals surface area (Å²) in [6.07, 6.45) is 2.50.